The van der Waals surface area contributed by atoms with Crippen molar-refractivity contribution in [3.05, 3.63) is 52.6 Å². The molecule has 0 aliphatic rings. The maximum Gasteiger partial charge on any atom is 0.266 e. The third kappa shape index (κ3) is 5.99. The van der Waals surface area contributed by atoms with E-state index in [1.807, 2.05) is 13.0 Å². The van der Waals surface area contributed by atoms with Gasteiger partial charge in [-0.2, -0.15) is 5.26 Å². The fourth-order valence-electron chi connectivity index (χ4n) is 2.49. The third-order valence-corrected chi connectivity index (χ3v) is 3.96. The fraction of sp³-hybridized carbons (Fsp3) is 0.190. The van der Waals surface area contributed by atoms with E-state index in [4.69, 9.17) is 21.1 Å². The molecule has 0 atom stereocenters. The molecule has 7 nitrogen and oxygen atoms in total. The highest BCUT2D eigenvalue weighted by molar-refractivity contribution is 6.32. The molecular formula is C21H20ClN3O4. The predicted molar refractivity (Wildman–Crippen MR) is 112 cm³/mol. The first-order chi connectivity index (χ1) is 13.9. The van der Waals surface area contributed by atoms with Gasteiger partial charge in [-0.25, -0.2) is 0 Å². The standard InChI is InChI=1S/C21H20ClN3O4/c1-4-29-19-11-14(10-18(22)20(19)28-3)9-15(12-23)21(27)25-17-7-5-16(6-8-17)24-13(2)26/h5-11H,4H2,1-3H3,(H,24,26)(H,25,27). The molecule has 0 heterocycles. The number of anilines is 2. The van der Waals surface area contributed by atoms with Crippen LogP contribution < -0.4 is 20.1 Å². The Morgan fingerprint density at radius 3 is 2.31 bits per heavy atom. The second-order valence-corrected chi connectivity index (χ2v) is 6.26. The zero-order valence-electron chi connectivity index (χ0n) is 16.2. The van der Waals surface area contributed by atoms with E-state index in [1.54, 1.807) is 36.4 Å². The summed E-state index contributed by atoms with van der Waals surface area (Å²) in [6, 6.07) is 11.6. The topological polar surface area (TPSA) is 100 Å². The zero-order valence-corrected chi connectivity index (χ0v) is 17.0. The van der Waals surface area contributed by atoms with Crippen LogP contribution >= 0.6 is 11.6 Å². The number of hydrogen-bond donors (Lipinski definition) is 2. The first kappa shape index (κ1) is 21.8. The van der Waals surface area contributed by atoms with Crippen LogP contribution in [0.4, 0.5) is 11.4 Å². The molecule has 0 saturated carbocycles. The Morgan fingerprint density at radius 1 is 1.17 bits per heavy atom. The van der Waals surface area contributed by atoms with Crippen LogP contribution in [0.3, 0.4) is 0 Å². The molecule has 0 aromatic heterocycles. The Morgan fingerprint density at radius 2 is 1.79 bits per heavy atom. The van der Waals surface area contributed by atoms with Crippen molar-refractivity contribution in [1.82, 2.24) is 0 Å². The Balaban J connectivity index is 2.24. The van der Waals surface area contributed by atoms with Crippen molar-refractivity contribution in [3.63, 3.8) is 0 Å². The van der Waals surface area contributed by atoms with Gasteiger partial charge >= 0.3 is 0 Å². The second kappa shape index (κ2) is 10.2. The van der Waals surface area contributed by atoms with Crippen LogP contribution in [0.2, 0.25) is 5.02 Å². The van der Waals surface area contributed by atoms with Gasteiger partial charge in [0.05, 0.1) is 18.7 Å². The number of benzene rings is 2. The molecule has 0 aliphatic heterocycles. The average Bonchev–Trinajstić information content (AvgIpc) is 2.67. The highest BCUT2D eigenvalue weighted by Crippen LogP contribution is 2.37. The number of nitrogens with zero attached hydrogens (tertiary/aromatic N) is 1. The van der Waals surface area contributed by atoms with Gasteiger partial charge in [0.1, 0.15) is 11.6 Å². The summed E-state index contributed by atoms with van der Waals surface area (Å²) < 4.78 is 10.7. The van der Waals surface area contributed by atoms with Crippen LogP contribution in [-0.2, 0) is 9.59 Å². The van der Waals surface area contributed by atoms with Gasteiger partial charge in [-0.05, 0) is 55.0 Å². The second-order valence-electron chi connectivity index (χ2n) is 5.85. The summed E-state index contributed by atoms with van der Waals surface area (Å²) in [5.74, 6) is 0.0265. The van der Waals surface area contributed by atoms with E-state index in [2.05, 4.69) is 10.6 Å². The van der Waals surface area contributed by atoms with Crippen LogP contribution in [-0.4, -0.2) is 25.5 Å². The molecule has 2 rings (SSSR count). The van der Waals surface area contributed by atoms with Crippen LogP contribution in [0, 0.1) is 11.3 Å². The van der Waals surface area contributed by atoms with Crippen LogP contribution in [0.15, 0.2) is 42.0 Å². The minimum absolute atomic E-state index is 0.111. The lowest BCUT2D eigenvalue weighted by atomic mass is 10.1. The van der Waals surface area contributed by atoms with E-state index in [9.17, 15) is 14.9 Å². The number of nitrogens with one attached hydrogen (secondary N) is 2. The Labute approximate surface area is 173 Å². The van der Waals surface area contributed by atoms with Crippen molar-refractivity contribution in [2.45, 2.75) is 13.8 Å². The minimum Gasteiger partial charge on any atom is -0.491 e. The van der Waals surface area contributed by atoms with Gasteiger partial charge in [0.2, 0.25) is 5.91 Å². The number of methoxy groups -OCH3 is 1. The normalized spacial score (nSPS) is 10.7. The minimum atomic E-state index is -0.579. The molecule has 0 bridgehead atoms. The van der Waals surface area contributed by atoms with Crippen molar-refractivity contribution in [2.75, 3.05) is 24.4 Å². The molecule has 0 saturated heterocycles. The summed E-state index contributed by atoms with van der Waals surface area (Å²) in [7, 11) is 1.48. The summed E-state index contributed by atoms with van der Waals surface area (Å²) in [5.41, 5.74) is 1.49. The number of amides is 2. The first-order valence-corrected chi connectivity index (χ1v) is 9.06. The van der Waals surface area contributed by atoms with Crippen LogP contribution in [0.25, 0.3) is 6.08 Å². The van der Waals surface area contributed by atoms with E-state index < -0.39 is 5.91 Å². The maximum atomic E-state index is 12.5. The number of rotatable bonds is 7. The van der Waals surface area contributed by atoms with E-state index >= 15 is 0 Å². The molecule has 8 heteroatoms. The smallest absolute Gasteiger partial charge is 0.266 e. The number of carbonyl (C=O) groups is 2. The Kier molecular flexibility index (Phi) is 7.63. The third-order valence-electron chi connectivity index (χ3n) is 3.68. The Hall–Kier alpha value is -3.50. The lowest BCUT2D eigenvalue weighted by Gasteiger charge is -2.12. The van der Waals surface area contributed by atoms with Crippen molar-refractivity contribution >= 4 is 40.9 Å². The van der Waals surface area contributed by atoms with Crippen LogP contribution in [0.5, 0.6) is 11.5 Å². The molecule has 29 heavy (non-hydrogen) atoms. The molecule has 2 amide bonds. The molecule has 2 aromatic rings. The van der Waals surface area contributed by atoms with Gasteiger partial charge in [0.15, 0.2) is 11.5 Å². The number of halogens is 1. The van der Waals surface area contributed by atoms with E-state index in [1.165, 1.54) is 20.1 Å². The SMILES string of the molecule is CCOc1cc(C=C(C#N)C(=O)Nc2ccc(NC(C)=O)cc2)cc(Cl)c1OC. The molecule has 0 fully saturated rings. The summed E-state index contributed by atoms with van der Waals surface area (Å²) in [5, 5.41) is 15.0. The summed E-state index contributed by atoms with van der Waals surface area (Å²) >= 11 is 6.21. The summed E-state index contributed by atoms with van der Waals surface area (Å²) in [4.78, 5) is 23.5. The predicted octanol–water partition coefficient (Wildman–Crippen LogP) is 4.25. The Bertz CT molecular complexity index is 979. The maximum absolute atomic E-state index is 12.5. The molecule has 150 valence electrons. The van der Waals surface area contributed by atoms with Crippen molar-refractivity contribution in [3.8, 4) is 17.6 Å². The van der Waals surface area contributed by atoms with Crippen molar-refractivity contribution < 1.29 is 19.1 Å². The molecule has 2 aromatic carbocycles. The molecule has 0 radical (unpaired) electrons. The quantitative estimate of drug-likeness (QED) is 0.522. The number of nitriles is 1. The number of hydrogen-bond acceptors (Lipinski definition) is 5. The van der Waals surface area contributed by atoms with Gasteiger partial charge < -0.3 is 20.1 Å². The van der Waals surface area contributed by atoms with Gasteiger partial charge in [-0.3, -0.25) is 9.59 Å². The zero-order chi connectivity index (χ0) is 21.4. The van der Waals surface area contributed by atoms with Crippen LogP contribution in [0.1, 0.15) is 19.4 Å². The fourth-order valence-corrected chi connectivity index (χ4v) is 2.78. The molecule has 0 spiro atoms. The highest BCUT2D eigenvalue weighted by atomic mass is 35.5. The van der Waals surface area contributed by atoms with E-state index in [0.717, 1.165) is 0 Å². The first-order valence-electron chi connectivity index (χ1n) is 8.69. The summed E-state index contributed by atoms with van der Waals surface area (Å²) in [6.07, 6.45) is 1.41. The van der Waals surface area contributed by atoms with Crippen molar-refractivity contribution in [2.24, 2.45) is 0 Å². The van der Waals surface area contributed by atoms with Gasteiger partial charge in [0, 0.05) is 18.3 Å². The van der Waals surface area contributed by atoms with Gasteiger partial charge in [-0.1, -0.05) is 11.6 Å². The highest BCUT2D eigenvalue weighted by Gasteiger charge is 2.14. The van der Waals surface area contributed by atoms with E-state index in [-0.39, 0.29) is 11.5 Å². The van der Waals surface area contributed by atoms with Gasteiger partial charge in [0.25, 0.3) is 5.91 Å². The van der Waals surface area contributed by atoms with Gasteiger partial charge in [-0.15, -0.1) is 0 Å². The van der Waals surface area contributed by atoms with E-state index in [0.29, 0.717) is 40.1 Å². The molecule has 0 unspecified atom stereocenters. The van der Waals surface area contributed by atoms with Crippen molar-refractivity contribution in [1.29, 1.82) is 5.26 Å². The molecular weight excluding hydrogens is 394 g/mol. The molecule has 0 aliphatic carbocycles. The summed E-state index contributed by atoms with van der Waals surface area (Å²) in [6.45, 7) is 3.63. The number of ether oxygens (including phenoxy) is 2. The monoisotopic (exact) mass is 413 g/mol. The lowest BCUT2D eigenvalue weighted by Crippen LogP contribution is -2.13. The number of carbonyl (C=O) groups excluding carboxylic acids is 2. The molecule has 2 N–H and O–H groups in total. The largest absolute Gasteiger partial charge is 0.491 e. The lowest BCUT2D eigenvalue weighted by molar-refractivity contribution is -0.114. The average molecular weight is 414 g/mol.